The van der Waals surface area contributed by atoms with E-state index in [-0.39, 0.29) is 6.16 Å². The van der Waals surface area contributed by atoms with Crippen molar-refractivity contribution >= 4 is 55.8 Å². The number of halogens is 3. The molecule has 0 saturated heterocycles. The molecule has 8 heavy (non-hydrogen) atoms. The number of aliphatic carboxylic acids is 1. The highest BCUT2D eigenvalue weighted by molar-refractivity contribution is 9.96. The third-order valence-corrected chi connectivity index (χ3v) is 3.20. The minimum atomic E-state index is -1.63. The van der Waals surface area contributed by atoms with Gasteiger partial charge >= 0.3 is 5.97 Å². The van der Waals surface area contributed by atoms with Crippen LogP contribution < -0.4 is 0 Å². The first kappa shape index (κ1) is 9.34. The molecule has 0 aliphatic rings. The van der Waals surface area contributed by atoms with Crippen molar-refractivity contribution in [2.24, 2.45) is 0 Å². The molecule has 48 valence electrons. The Kier molecular flexibility index (Phi) is 4.08. The summed E-state index contributed by atoms with van der Waals surface area (Å²) in [5.74, 6) is -0.816. The van der Waals surface area contributed by atoms with Gasteiger partial charge in [0.25, 0.3) is 0 Å². The van der Waals surface area contributed by atoms with E-state index in [0.29, 0.717) is 0 Å². The molecule has 0 unspecified atom stereocenters. The second kappa shape index (κ2) is 3.49. The molecule has 6 heteroatoms. The lowest BCUT2D eigenvalue weighted by Crippen LogP contribution is -1.97. The van der Waals surface area contributed by atoms with Crippen molar-refractivity contribution in [2.45, 2.75) is 0 Å². The highest BCUT2D eigenvalue weighted by Crippen LogP contribution is 2.79. The Balaban J connectivity index is 3.55. The van der Waals surface area contributed by atoms with Crippen LogP contribution in [-0.2, 0) is 4.79 Å². The number of carboxylic acid groups (broad SMARTS) is 1. The summed E-state index contributed by atoms with van der Waals surface area (Å²) < 4.78 is -1.63. The normalized spacial score (nSPS) is 11.4. The molecule has 0 saturated carbocycles. The summed E-state index contributed by atoms with van der Waals surface area (Å²) in [5.41, 5.74) is 0. The Morgan fingerprint density at radius 3 is 1.88 bits per heavy atom. The van der Waals surface area contributed by atoms with E-state index in [0.717, 1.165) is 0 Å². The van der Waals surface area contributed by atoms with Crippen molar-refractivity contribution in [1.29, 1.82) is 0 Å². The van der Waals surface area contributed by atoms with E-state index in [1.807, 2.05) is 0 Å². The fourth-order valence-electron chi connectivity index (χ4n) is 0.153. The third kappa shape index (κ3) is 7.34. The topological polar surface area (TPSA) is 37.3 Å². The van der Waals surface area contributed by atoms with Gasteiger partial charge in [-0.1, -0.05) is 0 Å². The Hall–Kier alpha value is 1.34. The van der Waals surface area contributed by atoms with E-state index in [1.54, 1.807) is 0 Å². The maximum absolute atomic E-state index is 9.95. The zero-order valence-electron chi connectivity index (χ0n) is 3.64. The number of carbonyl (C=O) groups is 1. The molecule has 0 spiro atoms. The van der Waals surface area contributed by atoms with Crippen molar-refractivity contribution < 1.29 is 9.90 Å². The molecule has 0 heterocycles. The second-order valence-electron chi connectivity index (χ2n) is 1.10. The molecule has 1 N–H and O–H groups in total. The monoisotopic (exact) mass is 327 g/mol. The van der Waals surface area contributed by atoms with Crippen LogP contribution in [0.2, 0.25) is 0 Å². The highest BCUT2D eigenvalue weighted by Gasteiger charge is 2.32. The average molecular weight is 330 g/mol. The zero-order chi connectivity index (χ0) is 6.78. The standard InChI is InChI=1S/C2H2Br3O2P/c3-8(4,5)1-2(6)7/h1H2/p+1. The Morgan fingerprint density at radius 2 is 1.88 bits per heavy atom. The maximum atomic E-state index is 9.95. The fourth-order valence-corrected chi connectivity index (χ4v) is 2.39. The summed E-state index contributed by atoms with van der Waals surface area (Å²) in [6.07, 6.45) is 0.104. The number of rotatable bonds is 2. The van der Waals surface area contributed by atoms with Gasteiger partial charge in [0.2, 0.25) is 3.37 Å². The van der Waals surface area contributed by atoms with Crippen LogP contribution in [0.25, 0.3) is 0 Å². The Morgan fingerprint density at radius 1 is 1.50 bits per heavy atom. The number of carboxylic acids is 1. The SMILES string of the molecule is O=C(O)C[P+](Br)(Br)Br. The zero-order valence-corrected chi connectivity index (χ0v) is 9.30. The van der Waals surface area contributed by atoms with Crippen LogP contribution in [-0.4, -0.2) is 17.2 Å². The van der Waals surface area contributed by atoms with E-state index in [4.69, 9.17) is 5.11 Å². The van der Waals surface area contributed by atoms with Crippen LogP contribution in [0.1, 0.15) is 0 Å². The van der Waals surface area contributed by atoms with Crippen molar-refractivity contribution in [1.82, 2.24) is 0 Å². The molecular weight excluding hydrogens is 327 g/mol. The molecule has 0 bridgehead atoms. The van der Waals surface area contributed by atoms with Gasteiger partial charge in [0.05, 0.1) is 0 Å². The van der Waals surface area contributed by atoms with Gasteiger partial charge in [0.1, 0.15) is 0 Å². The first-order valence-electron chi connectivity index (χ1n) is 1.60. The van der Waals surface area contributed by atoms with Crippen LogP contribution in [0.5, 0.6) is 0 Å². The van der Waals surface area contributed by atoms with Crippen LogP contribution in [0, 0.1) is 0 Å². The highest BCUT2D eigenvalue weighted by atomic mass is 80.0. The van der Waals surface area contributed by atoms with Gasteiger partial charge in [-0.2, -0.15) is 0 Å². The number of hydrogen-bond donors (Lipinski definition) is 1. The van der Waals surface area contributed by atoms with Gasteiger partial charge in [-0.25, -0.2) is 4.79 Å². The van der Waals surface area contributed by atoms with E-state index >= 15 is 0 Å². The molecule has 0 atom stereocenters. The van der Waals surface area contributed by atoms with E-state index < -0.39 is 9.34 Å². The van der Waals surface area contributed by atoms with E-state index in [2.05, 4.69) is 46.5 Å². The van der Waals surface area contributed by atoms with Gasteiger partial charge in [-0.15, -0.1) is 0 Å². The van der Waals surface area contributed by atoms with Crippen molar-refractivity contribution in [3.8, 4) is 0 Å². The molecule has 0 aromatic carbocycles. The van der Waals surface area contributed by atoms with Crippen molar-refractivity contribution in [3.05, 3.63) is 0 Å². The first-order valence-corrected chi connectivity index (χ1v) is 9.63. The van der Waals surface area contributed by atoms with Gasteiger partial charge in [-0.05, 0) is 0 Å². The lowest BCUT2D eigenvalue weighted by Gasteiger charge is -1.93. The summed E-state index contributed by atoms with van der Waals surface area (Å²) in [7, 11) is 0. The summed E-state index contributed by atoms with van der Waals surface area (Å²) in [4.78, 5) is 9.95. The summed E-state index contributed by atoms with van der Waals surface area (Å²) in [5, 5.41) is 8.19. The van der Waals surface area contributed by atoms with Gasteiger partial charge < -0.3 is 5.11 Å². The molecule has 0 radical (unpaired) electrons. The summed E-state index contributed by atoms with van der Waals surface area (Å²) in [6, 6.07) is 0. The van der Waals surface area contributed by atoms with Crippen LogP contribution in [0.4, 0.5) is 0 Å². The molecule has 2 nitrogen and oxygen atoms in total. The summed E-state index contributed by atoms with van der Waals surface area (Å²) >= 11 is 9.43. The fraction of sp³-hybridized carbons (Fsp3) is 0.500. The van der Waals surface area contributed by atoms with Gasteiger partial charge in [0, 0.05) is 0 Å². The molecule has 0 aromatic heterocycles. The minimum Gasteiger partial charge on any atom is -0.478 e. The minimum absolute atomic E-state index is 0.104. The van der Waals surface area contributed by atoms with Crippen LogP contribution >= 0.6 is 49.8 Å². The molecular formula is C2H3Br3O2P+. The van der Waals surface area contributed by atoms with Crippen LogP contribution in [0.15, 0.2) is 0 Å². The Bertz CT molecular complexity index is 97.9. The van der Waals surface area contributed by atoms with E-state index in [9.17, 15) is 4.79 Å². The largest absolute Gasteiger partial charge is 0.478 e. The predicted octanol–water partition coefficient (Wildman–Crippen LogP) is 3.02. The predicted molar refractivity (Wildman–Crippen MR) is 46.2 cm³/mol. The smallest absolute Gasteiger partial charge is 0.344 e. The quantitative estimate of drug-likeness (QED) is 0.791. The lowest BCUT2D eigenvalue weighted by atomic mass is 10.8. The molecule has 0 rings (SSSR count). The molecule has 0 aromatic rings. The Labute approximate surface area is 71.6 Å². The lowest BCUT2D eigenvalue weighted by molar-refractivity contribution is -0.133. The van der Waals surface area contributed by atoms with Gasteiger partial charge in [-0.3, -0.25) is 0 Å². The van der Waals surface area contributed by atoms with E-state index in [1.165, 1.54) is 0 Å². The maximum Gasteiger partial charge on any atom is 0.344 e. The molecule has 0 aliphatic carbocycles. The second-order valence-corrected chi connectivity index (χ2v) is 22.0. The summed E-state index contributed by atoms with van der Waals surface area (Å²) in [6.45, 7) is 0. The molecule has 0 fully saturated rings. The third-order valence-electron chi connectivity index (χ3n) is 0.315. The van der Waals surface area contributed by atoms with Crippen molar-refractivity contribution in [3.63, 3.8) is 0 Å². The number of hydrogen-bond acceptors (Lipinski definition) is 1. The first-order chi connectivity index (χ1) is 3.42. The molecule has 0 amide bonds. The average Bonchev–Trinajstić information content (AvgIpc) is 1.21. The molecule has 0 aliphatic heterocycles. The van der Waals surface area contributed by atoms with Crippen molar-refractivity contribution in [2.75, 3.05) is 6.16 Å². The van der Waals surface area contributed by atoms with Gasteiger partial charge in [0.15, 0.2) is 52.6 Å². The van der Waals surface area contributed by atoms with Crippen LogP contribution in [0.3, 0.4) is 0 Å².